The van der Waals surface area contributed by atoms with Crippen molar-refractivity contribution in [1.82, 2.24) is 0 Å². The lowest BCUT2D eigenvalue weighted by Gasteiger charge is -2.37. The molecular weight excluding hydrogens is 224 g/mol. The molecule has 1 rings (SSSR count). The maximum Gasteiger partial charge on any atom is 0.509 e. The highest BCUT2D eigenvalue weighted by molar-refractivity contribution is 8.20. The lowest BCUT2D eigenvalue weighted by atomic mass is 10.3. The van der Waals surface area contributed by atoms with E-state index in [0.717, 1.165) is 0 Å². The first-order valence-electron chi connectivity index (χ1n) is 4.70. The normalized spacial score (nSPS) is 27.1. The summed E-state index contributed by atoms with van der Waals surface area (Å²) in [5.74, 6) is 0. The third-order valence-corrected chi connectivity index (χ3v) is 3.27. The van der Waals surface area contributed by atoms with Gasteiger partial charge < -0.3 is 18.6 Å². The Bertz CT molecular complexity index is 229. The van der Waals surface area contributed by atoms with E-state index in [1.165, 1.54) is 0 Å². The van der Waals surface area contributed by atoms with Crippen LogP contribution in [0.2, 0.25) is 0 Å². The fourth-order valence-electron chi connectivity index (χ4n) is 1.11. The average molecular weight is 240 g/mol. The molecule has 7 heteroatoms. The van der Waals surface area contributed by atoms with Crippen molar-refractivity contribution in [2.24, 2.45) is 0 Å². The van der Waals surface area contributed by atoms with E-state index < -0.39 is 22.5 Å². The Hall–Kier alpha value is -0.500. The monoisotopic (exact) mass is 240 g/mol. The molecule has 1 aliphatic rings. The largest absolute Gasteiger partial charge is 0.509 e. The van der Waals surface area contributed by atoms with Crippen LogP contribution in [0.15, 0.2) is 0 Å². The van der Waals surface area contributed by atoms with Crippen LogP contribution in [0, 0.1) is 0 Å². The van der Waals surface area contributed by atoms with E-state index in [9.17, 15) is 13.9 Å². The molecular formula is C8H16O6S. The highest BCUT2D eigenvalue weighted by atomic mass is 32.3. The van der Waals surface area contributed by atoms with Gasteiger partial charge in [-0.2, -0.15) is 0 Å². The van der Waals surface area contributed by atoms with Gasteiger partial charge in [0.05, 0.1) is 12.7 Å². The molecule has 0 radical (unpaired) electrons. The first kappa shape index (κ1) is 12.6. The lowest BCUT2D eigenvalue weighted by Crippen LogP contribution is -2.31. The third kappa shape index (κ3) is 3.86. The van der Waals surface area contributed by atoms with Gasteiger partial charge in [-0.15, -0.1) is 0 Å². The summed E-state index contributed by atoms with van der Waals surface area (Å²) < 4.78 is 33.0. The zero-order valence-electron chi connectivity index (χ0n) is 8.71. The summed E-state index contributed by atoms with van der Waals surface area (Å²) in [5.41, 5.74) is -1.02. The van der Waals surface area contributed by atoms with Crippen LogP contribution in [0.5, 0.6) is 0 Å². The predicted molar refractivity (Wildman–Crippen MR) is 54.5 cm³/mol. The van der Waals surface area contributed by atoms with Crippen LogP contribution in [0.4, 0.5) is 4.79 Å². The standard InChI is InChI=1S/C8H16O6S/c1-6(2)13-8(9)14-7-4-3-5-12-15(7,10)11/h6-7,10-11H,3-5H2,1-2H3. The molecule has 0 amide bonds. The topological polar surface area (TPSA) is 85.2 Å². The highest BCUT2D eigenvalue weighted by Crippen LogP contribution is 2.50. The molecule has 0 aliphatic carbocycles. The number of carbonyl (C=O) groups is 1. The average Bonchev–Trinajstić information content (AvgIpc) is 2.07. The van der Waals surface area contributed by atoms with Crippen molar-refractivity contribution in [2.75, 3.05) is 6.61 Å². The zero-order valence-corrected chi connectivity index (χ0v) is 9.53. The second-order valence-electron chi connectivity index (χ2n) is 3.47. The number of carbonyl (C=O) groups excluding carboxylic acids is 1. The van der Waals surface area contributed by atoms with Crippen LogP contribution in [0.1, 0.15) is 26.7 Å². The van der Waals surface area contributed by atoms with Gasteiger partial charge in [0.15, 0.2) is 0 Å². The van der Waals surface area contributed by atoms with Crippen molar-refractivity contribution in [1.29, 1.82) is 0 Å². The molecule has 2 N–H and O–H groups in total. The Morgan fingerprint density at radius 2 is 2.20 bits per heavy atom. The Balaban J connectivity index is 2.45. The number of rotatable bonds is 2. The zero-order chi connectivity index (χ0) is 11.5. The molecule has 1 heterocycles. The molecule has 1 fully saturated rings. The van der Waals surface area contributed by atoms with E-state index in [1.807, 2.05) is 0 Å². The lowest BCUT2D eigenvalue weighted by molar-refractivity contribution is 0.0114. The van der Waals surface area contributed by atoms with Crippen LogP contribution in [0.25, 0.3) is 0 Å². The van der Waals surface area contributed by atoms with Crippen molar-refractivity contribution in [3.05, 3.63) is 0 Å². The first-order chi connectivity index (χ1) is 6.92. The van der Waals surface area contributed by atoms with Gasteiger partial charge in [-0.1, -0.05) is 0 Å². The molecule has 15 heavy (non-hydrogen) atoms. The minimum Gasteiger partial charge on any atom is -0.432 e. The van der Waals surface area contributed by atoms with E-state index in [-0.39, 0.29) is 12.7 Å². The van der Waals surface area contributed by atoms with Crippen molar-refractivity contribution in [3.8, 4) is 0 Å². The summed E-state index contributed by atoms with van der Waals surface area (Å²) in [6.45, 7) is 3.62. The third-order valence-electron chi connectivity index (χ3n) is 1.74. The summed E-state index contributed by atoms with van der Waals surface area (Å²) in [7, 11) is -3.28. The quantitative estimate of drug-likeness (QED) is 0.720. The van der Waals surface area contributed by atoms with Gasteiger partial charge in [-0.3, -0.25) is 4.18 Å². The SMILES string of the molecule is CC(C)OC(=O)OC1CCCOS1(O)O. The smallest absolute Gasteiger partial charge is 0.432 e. The molecule has 1 aliphatic heterocycles. The number of hydrogen-bond acceptors (Lipinski definition) is 6. The van der Waals surface area contributed by atoms with Gasteiger partial charge >= 0.3 is 6.16 Å². The van der Waals surface area contributed by atoms with Gasteiger partial charge in [-0.25, -0.2) is 4.79 Å². The van der Waals surface area contributed by atoms with Gasteiger partial charge in [0, 0.05) is 6.42 Å². The molecule has 90 valence electrons. The number of hydrogen-bond donors (Lipinski definition) is 2. The van der Waals surface area contributed by atoms with Crippen LogP contribution < -0.4 is 0 Å². The predicted octanol–water partition coefficient (Wildman–Crippen LogP) is 2.35. The molecule has 0 aromatic rings. The molecule has 1 unspecified atom stereocenters. The van der Waals surface area contributed by atoms with Crippen molar-refractivity contribution in [2.45, 2.75) is 38.2 Å². The second kappa shape index (κ2) is 5.02. The van der Waals surface area contributed by atoms with Crippen LogP contribution in [-0.4, -0.2) is 33.4 Å². The van der Waals surface area contributed by atoms with E-state index in [1.54, 1.807) is 13.8 Å². The van der Waals surface area contributed by atoms with Gasteiger partial charge in [0.1, 0.15) is 10.9 Å². The Morgan fingerprint density at radius 3 is 2.73 bits per heavy atom. The summed E-state index contributed by atoms with van der Waals surface area (Å²) >= 11 is 0. The molecule has 0 bridgehead atoms. The molecule has 0 aromatic carbocycles. The Labute approximate surface area is 90.1 Å². The van der Waals surface area contributed by atoms with E-state index in [0.29, 0.717) is 12.8 Å². The second-order valence-corrected chi connectivity index (χ2v) is 5.30. The van der Waals surface area contributed by atoms with E-state index >= 15 is 0 Å². The maximum atomic E-state index is 11.1. The van der Waals surface area contributed by atoms with Gasteiger partial charge in [0.25, 0.3) is 0 Å². The molecule has 0 aromatic heterocycles. The van der Waals surface area contributed by atoms with Crippen molar-refractivity contribution < 1.29 is 27.6 Å². The molecule has 1 atom stereocenters. The van der Waals surface area contributed by atoms with E-state index in [4.69, 9.17) is 13.7 Å². The van der Waals surface area contributed by atoms with Gasteiger partial charge in [0.2, 0.25) is 5.44 Å². The van der Waals surface area contributed by atoms with Crippen LogP contribution >= 0.6 is 10.9 Å². The fraction of sp³-hybridized carbons (Fsp3) is 0.875. The summed E-state index contributed by atoms with van der Waals surface area (Å²) in [5, 5.41) is 0. The molecule has 0 saturated carbocycles. The molecule has 0 spiro atoms. The summed E-state index contributed by atoms with van der Waals surface area (Å²) in [4.78, 5) is 11.1. The minimum absolute atomic E-state index is 0.265. The summed E-state index contributed by atoms with van der Waals surface area (Å²) in [6, 6.07) is 0. The Morgan fingerprint density at radius 1 is 1.53 bits per heavy atom. The van der Waals surface area contributed by atoms with Gasteiger partial charge in [-0.05, 0) is 20.3 Å². The van der Waals surface area contributed by atoms with Crippen LogP contribution in [0.3, 0.4) is 0 Å². The van der Waals surface area contributed by atoms with E-state index in [2.05, 4.69) is 0 Å². The number of ether oxygens (including phenoxy) is 2. The fourth-order valence-corrected chi connectivity index (χ4v) is 2.30. The van der Waals surface area contributed by atoms with Crippen molar-refractivity contribution in [3.63, 3.8) is 0 Å². The first-order valence-corrected chi connectivity index (χ1v) is 6.24. The molecule has 6 nitrogen and oxygen atoms in total. The Kier molecular flexibility index (Phi) is 4.21. The summed E-state index contributed by atoms with van der Waals surface area (Å²) in [6.07, 6.45) is -0.213. The highest BCUT2D eigenvalue weighted by Gasteiger charge is 2.37. The van der Waals surface area contributed by atoms with Crippen molar-refractivity contribution >= 4 is 17.0 Å². The van der Waals surface area contributed by atoms with Crippen LogP contribution in [-0.2, 0) is 13.7 Å². The minimum atomic E-state index is -3.28. The maximum absolute atomic E-state index is 11.1. The molecule has 1 saturated heterocycles.